The largest absolute Gasteiger partial charge is 0.497 e. The van der Waals surface area contributed by atoms with Crippen LogP contribution in [-0.4, -0.2) is 32.8 Å². The molecule has 0 bridgehead atoms. The Kier molecular flexibility index (Phi) is 6.19. The Morgan fingerprint density at radius 1 is 1.11 bits per heavy atom. The van der Waals surface area contributed by atoms with Gasteiger partial charge in [0.25, 0.3) is 0 Å². The molecule has 0 amide bonds. The Hall–Kier alpha value is -2.31. The molecule has 0 aliphatic rings. The second-order valence-electron chi connectivity index (χ2n) is 6.64. The number of nitrogens with one attached hydrogen (secondary N) is 2. The van der Waals surface area contributed by atoms with Gasteiger partial charge in [0.2, 0.25) is 10.0 Å². The van der Waals surface area contributed by atoms with Crippen LogP contribution in [0.15, 0.2) is 54.7 Å². The molecule has 0 saturated heterocycles. The molecule has 1 unspecified atom stereocenters. The van der Waals surface area contributed by atoms with Crippen LogP contribution in [0.1, 0.15) is 36.8 Å². The van der Waals surface area contributed by atoms with Crippen molar-refractivity contribution in [2.45, 2.75) is 25.7 Å². The van der Waals surface area contributed by atoms with Crippen LogP contribution in [0.3, 0.4) is 0 Å². The highest BCUT2D eigenvalue weighted by Crippen LogP contribution is 2.31. The van der Waals surface area contributed by atoms with E-state index in [-0.39, 0.29) is 11.7 Å². The van der Waals surface area contributed by atoms with Gasteiger partial charge in [0.1, 0.15) is 5.75 Å². The highest BCUT2D eigenvalue weighted by Gasteiger charge is 2.21. The summed E-state index contributed by atoms with van der Waals surface area (Å²) in [4.78, 5) is 3.29. The van der Waals surface area contributed by atoms with E-state index in [2.05, 4.69) is 15.8 Å². The number of H-pyrrole nitrogens is 1. The number of para-hydroxylation sites is 1. The Morgan fingerprint density at radius 3 is 2.56 bits per heavy atom. The van der Waals surface area contributed by atoms with Gasteiger partial charge in [-0.15, -0.1) is 0 Å². The van der Waals surface area contributed by atoms with Crippen molar-refractivity contribution >= 4 is 20.9 Å². The standard InChI is InChI=1S/C21H26N2O3S/c1-3-4-13-27(24,25)23-15-19(16-9-11-17(26-2)12-10-16)20-14-22-21-8-6-5-7-18(20)21/h5-12,14,19,22-23H,3-4,13,15H2,1-2H3. The summed E-state index contributed by atoms with van der Waals surface area (Å²) in [5.41, 5.74) is 3.16. The summed E-state index contributed by atoms with van der Waals surface area (Å²) in [6.07, 6.45) is 3.49. The van der Waals surface area contributed by atoms with E-state index >= 15 is 0 Å². The SMILES string of the molecule is CCCCS(=O)(=O)NCC(c1ccc(OC)cc1)c1c[nH]c2ccccc12. The minimum Gasteiger partial charge on any atom is -0.497 e. The zero-order valence-electron chi connectivity index (χ0n) is 15.7. The van der Waals surface area contributed by atoms with Crippen molar-refractivity contribution < 1.29 is 13.2 Å². The molecule has 1 heterocycles. The fourth-order valence-electron chi connectivity index (χ4n) is 3.24. The molecule has 6 heteroatoms. The molecule has 5 nitrogen and oxygen atoms in total. The molecule has 0 fully saturated rings. The van der Waals surface area contributed by atoms with Gasteiger partial charge < -0.3 is 9.72 Å². The summed E-state index contributed by atoms with van der Waals surface area (Å²) in [5.74, 6) is 0.843. The minimum absolute atomic E-state index is 0.0940. The van der Waals surface area contributed by atoms with Gasteiger partial charge in [0.05, 0.1) is 12.9 Å². The molecule has 144 valence electrons. The van der Waals surface area contributed by atoms with E-state index in [4.69, 9.17) is 4.74 Å². The summed E-state index contributed by atoms with van der Waals surface area (Å²) in [7, 11) is -1.66. The van der Waals surface area contributed by atoms with Gasteiger partial charge in [-0.25, -0.2) is 13.1 Å². The van der Waals surface area contributed by atoms with Crippen molar-refractivity contribution in [1.29, 1.82) is 0 Å². The lowest BCUT2D eigenvalue weighted by atomic mass is 9.91. The third-order valence-electron chi connectivity index (χ3n) is 4.79. The number of fused-ring (bicyclic) bond motifs is 1. The monoisotopic (exact) mass is 386 g/mol. The number of aromatic amines is 1. The van der Waals surface area contributed by atoms with Gasteiger partial charge in [0.15, 0.2) is 0 Å². The second-order valence-corrected chi connectivity index (χ2v) is 8.56. The molecular weight excluding hydrogens is 360 g/mol. The predicted octanol–water partition coefficient (Wildman–Crippen LogP) is 4.03. The van der Waals surface area contributed by atoms with Gasteiger partial charge in [-0.1, -0.05) is 43.7 Å². The van der Waals surface area contributed by atoms with Crippen LogP contribution in [0.2, 0.25) is 0 Å². The molecule has 0 saturated carbocycles. The first kappa shape index (κ1) is 19.5. The zero-order valence-corrected chi connectivity index (χ0v) is 16.6. The van der Waals surface area contributed by atoms with Crippen molar-refractivity contribution in [3.05, 3.63) is 65.9 Å². The molecule has 0 spiro atoms. The Morgan fingerprint density at radius 2 is 1.85 bits per heavy atom. The highest BCUT2D eigenvalue weighted by molar-refractivity contribution is 7.89. The van der Waals surface area contributed by atoms with E-state index in [1.165, 1.54) is 0 Å². The van der Waals surface area contributed by atoms with Crippen LogP contribution in [0, 0.1) is 0 Å². The Labute approximate surface area is 160 Å². The molecule has 2 N–H and O–H groups in total. The maximum absolute atomic E-state index is 12.3. The fraction of sp³-hybridized carbons (Fsp3) is 0.333. The van der Waals surface area contributed by atoms with Crippen LogP contribution in [0.5, 0.6) is 5.75 Å². The first-order chi connectivity index (χ1) is 13.0. The molecule has 2 aromatic carbocycles. The van der Waals surface area contributed by atoms with E-state index in [1.807, 2.05) is 55.6 Å². The predicted molar refractivity (Wildman–Crippen MR) is 110 cm³/mol. The molecule has 0 aliphatic heterocycles. The van der Waals surface area contributed by atoms with Crippen LogP contribution < -0.4 is 9.46 Å². The average Bonchev–Trinajstić information content (AvgIpc) is 3.11. The number of aromatic nitrogens is 1. The lowest BCUT2D eigenvalue weighted by molar-refractivity contribution is 0.414. The third-order valence-corrected chi connectivity index (χ3v) is 6.22. The quantitative estimate of drug-likeness (QED) is 0.583. The molecule has 3 aromatic rings. The first-order valence-corrected chi connectivity index (χ1v) is 10.9. The lowest BCUT2D eigenvalue weighted by Gasteiger charge is -2.18. The van der Waals surface area contributed by atoms with Gasteiger partial charge in [0, 0.05) is 29.6 Å². The van der Waals surface area contributed by atoms with E-state index < -0.39 is 10.0 Å². The average molecular weight is 387 g/mol. The number of rotatable bonds is 9. The van der Waals surface area contributed by atoms with Gasteiger partial charge in [-0.05, 0) is 35.7 Å². The van der Waals surface area contributed by atoms with Crippen molar-refractivity contribution in [2.24, 2.45) is 0 Å². The highest BCUT2D eigenvalue weighted by atomic mass is 32.2. The maximum Gasteiger partial charge on any atom is 0.211 e. The van der Waals surface area contributed by atoms with Crippen LogP contribution in [-0.2, 0) is 10.0 Å². The van der Waals surface area contributed by atoms with Crippen molar-refractivity contribution in [3.8, 4) is 5.75 Å². The number of hydrogen-bond donors (Lipinski definition) is 2. The molecule has 1 atom stereocenters. The molecule has 3 rings (SSSR count). The minimum atomic E-state index is -3.29. The Balaban J connectivity index is 1.93. The van der Waals surface area contributed by atoms with E-state index in [0.717, 1.165) is 34.2 Å². The summed E-state index contributed by atoms with van der Waals surface area (Å²) in [6, 6.07) is 15.9. The number of hydrogen-bond acceptors (Lipinski definition) is 3. The Bertz CT molecular complexity index is 978. The van der Waals surface area contributed by atoms with Crippen LogP contribution in [0.25, 0.3) is 10.9 Å². The zero-order chi connectivity index (χ0) is 19.3. The summed E-state index contributed by atoms with van der Waals surface area (Å²) in [6.45, 7) is 2.31. The molecule has 0 radical (unpaired) electrons. The summed E-state index contributed by atoms with van der Waals surface area (Å²) >= 11 is 0. The van der Waals surface area contributed by atoms with Crippen LogP contribution >= 0.6 is 0 Å². The summed E-state index contributed by atoms with van der Waals surface area (Å²) in [5, 5.41) is 1.10. The molecule has 1 aromatic heterocycles. The number of methoxy groups -OCH3 is 1. The molecule has 0 aliphatic carbocycles. The summed E-state index contributed by atoms with van der Waals surface area (Å²) < 4.78 is 32.7. The number of benzene rings is 2. The van der Waals surface area contributed by atoms with Crippen molar-refractivity contribution in [3.63, 3.8) is 0 Å². The second kappa shape index (κ2) is 8.59. The van der Waals surface area contributed by atoms with Gasteiger partial charge in [-0.2, -0.15) is 0 Å². The first-order valence-electron chi connectivity index (χ1n) is 9.21. The smallest absolute Gasteiger partial charge is 0.211 e. The van der Waals surface area contributed by atoms with E-state index in [0.29, 0.717) is 13.0 Å². The third kappa shape index (κ3) is 4.70. The maximum atomic E-state index is 12.3. The van der Waals surface area contributed by atoms with E-state index in [9.17, 15) is 8.42 Å². The van der Waals surface area contributed by atoms with E-state index in [1.54, 1.807) is 7.11 Å². The van der Waals surface area contributed by atoms with Crippen LogP contribution in [0.4, 0.5) is 0 Å². The van der Waals surface area contributed by atoms with Gasteiger partial charge in [-0.3, -0.25) is 0 Å². The number of sulfonamides is 1. The number of unbranched alkanes of at least 4 members (excludes halogenated alkanes) is 1. The molecular formula is C21H26N2O3S. The van der Waals surface area contributed by atoms with Crippen molar-refractivity contribution in [1.82, 2.24) is 9.71 Å². The van der Waals surface area contributed by atoms with Gasteiger partial charge >= 0.3 is 0 Å². The number of ether oxygens (including phenoxy) is 1. The molecule has 27 heavy (non-hydrogen) atoms. The van der Waals surface area contributed by atoms with Crippen molar-refractivity contribution in [2.75, 3.05) is 19.4 Å². The lowest BCUT2D eigenvalue weighted by Crippen LogP contribution is -2.31. The topological polar surface area (TPSA) is 71.2 Å². The normalized spacial score (nSPS) is 13.0. The fourth-order valence-corrected chi connectivity index (χ4v) is 4.48.